The molecule has 0 aliphatic carbocycles. The smallest absolute Gasteiger partial charge is 0.225 e. The summed E-state index contributed by atoms with van der Waals surface area (Å²) in [6.45, 7) is 1.92. The van der Waals surface area contributed by atoms with Crippen molar-refractivity contribution >= 4 is 22.4 Å². The molecule has 1 aliphatic rings. The lowest BCUT2D eigenvalue weighted by Crippen LogP contribution is -2.43. The van der Waals surface area contributed by atoms with Gasteiger partial charge in [-0.2, -0.15) is 0 Å². The van der Waals surface area contributed by atoms with Gasteiger partial charge in [-0.1, -0.05) is 11.3 Å². The van der Waals surface area contributed by atoms with Crippen LogP contribution in [-0.2, 0) is 11.3 Å². The van der Waals surface area contributed by atoms with E-state index in [1.807, 2.05) is 47.3 Å². The van der Waals surface area contributed by atoms with Crippen molar-refractivity contribution in [1.29, 1.82) is 0 Å². The van der Waals surface area contributed by atoms with Crippen molar-refractivity contribution in [1.82, 2.24) is 20.1 Å². The predicted molar refractivity (Wildman–Crippen MR) is 116 cm³/mol. The zero-order valence-electron chi connectivity index (χ0n) is 17.1. The molecule has 1 N–H and O–H groups in total. The number of carbonyl (C=O) groups excluding carboxylic acids is 1. The second-order valence-corrected chi connectivity index (χ2v) is 8.07. The lowest BCUT2D eigenvalue weighted by Gasteiger charge is -2.31. The monoisotopic (exact) mass is 427 g/mol. The molecule has 9 heteroatoms. The van der Waals surface area contributed by atoms with Gasteiger partial charge < -0.3 is 19.7 Å². The lowest BCUT2D eigenvalue weighted by atomic mass is 9.97. The Morgan fingerprint density at radius 3 is 2.77 bits per heavy atom. The average Bonchev–Trinajstić information content (AvgIpc) is 3.49. The molecule has 0 bridgehead atoms. The normalized spacial score (nSPS) is 16.3. The minimum absolute atomic E-state index is 0.0414. The van der Waals surface area contributed by atoms with Crippen LogP contribution in [-0.4, -0.2) is 48.0 Å². The molecule has 158 valence electrons. The van der Waals surface area contributed by atoms with Gasteiger partial charge in [0.05, 0.1) is 20.1 Å². The summed E-state index contributed by atoms with van der Waals surface area (Å²) in [6, 6.07) is 9.49. The summed E-state index contributed by atoms with van der Waals surface area (Å²) in [4.78, 5) is 15.0. The van der Waals surface area contributed by atoms with E-state index in [0.29, 0.717) is 13.1 Å². The maximum Gasteiger partial charge on any atom is 0.225 e. The van der Waals surface area contributed by atoms with Gasteiger partial charge in [-0.15, -0.1) is 10.2 Å². The Kier molecular flexibility index (Phi) is 6.18. The number of nitrogens with zero attached hydrogens (tertiary/aromatic N) is 4. The maximum absolute atomic E-state index is 12.8. The van der Waals surface area contributed by atoms with E-state index in [0.717, 1.165) is 46.7 Å². The molecule has 1 fully saturated rings. The molecule has 1 aliphatic heterocycles. The van der Waals surface area contributed by atoms with Gasteiger partial charge in [0, 0.05) is 37.6 Å². The van der Waals surface area contributed by atoms with Crippen molar-refractivity contribution < 1.29 is 14.3 Å². The second-order valence-electron chi connectivity index (χ2n) is 7.14. The Bertz CT molecular complexity index is 988. The van der Waals surface area contributed by atoms with Gasteiger partial charge in [-0.05, 0) is 43.2 Å². The number of hydrogen-bond donors (Lipinski definition) is 1. The van der Waals surface area contributed by atoms with E-state index in [2.05, 4.69) is 20.4 Å². The van der Waals surface area contributed by atoms with Gasteiger partial charge >= 0.3 is 0 Å². The van der Waals surface area contributed by atoms with E-state index in [1.165, 1.54) is 11.3 Å². The number of methoxy groups -OCH3 is 2. The van der Waals surface area contributed by atoms with Crippen molar-refractivity contribution in [2.75, 3.05) is 32.2 Å². The molecule has 0 radical (unpaired) electrons. The zero-order chi connectivity index (χ0) is 20.9. The standard InChI is InChI=1S/C21H25N5O3S/c1-28-17-7-8-18(29-2)16(12-17)13-22-19(27)15-6-5-11-26(14-15)21-24-23-20(30-21)25-9-3-4-10-25/h3-4,7-10,12,15H,5-6,11,13-14H2,1-2H3,(H,22,27)/t15-/m1/s1. The van der Waals surface area contributed by atoms with Crippen LogP contribution in [0.3, 0.4) is 0 Å². The second kappa shape index (κ2) is 9.17. The van der Waals surface area contributed by atoms with Crippen LogP contribution in [0.5, 0.6) is 11.5 Å². The van der Waals surface area contributed by atoms with Gasteiger partial charge in [0.15, 0.2) is 0 Å². The highest BCUT2D eigenvalue weighted by Gasteiger charge is 2.28. The Morgan fingerprint density at radius 1 is 1.20 bits per heavy atom. The fraction of sp³-hybridized carbons (Fsp3) is 0.381. The molecular formula is C21H25N5O3S. The van der Waals surface area contributed by atoms with Gasteiger partial charge in [-0.3, -0.25) is 9.36 Å². The molecule has 2 aromatic heterocycles. The first-order chi connectivity index (χ1) is 14.7. The Hall–Kier alpha value is -3.07. The summed E-state index contributed by atoms with van der Waals surface area (Å²) >= 11 is 1.53. The minimum Gasteiger partial charge on any atom is -0.497 e. The molecule has 0 saturated carbocycles. The molecular weight excluding hydrogens is 402 g/mol. The van der Waals surface area contributed by atoms with E-state index in [1.54, 1.807) is 14.2 Å². The largest absolute Gasteiger partial charge is 0.497 e. The molecule has 8 nitrogen and oxygen atoms in total. The third kappa shape index (κ3) is 4.40. The molecule has 1 saturated heterocycles. The van der Waals surface area contributed by atoms with Crippen molar-refractivity contribution in [3.8, 4) is 16.6 Å². The van der Waals surface area contributed by atoms with Gasteiger partial charge in [-0.25, -0.2) is 0 Å². The fourth-order valence-electron chi connectivity index (χ4n) is 3.61. The number of piperidine rings is 1. The number of anilines is 1. The number of carbonyl (C=O) groups is 1. The Labute approximate surface area is 179 Å². The number of aromatic nitrogens is 3. The topological polar surface area (TPSA) is 81.5 Å². The first-order valence-electron chi connectivity index (χ1n) is 9.88. The highest BCUT2D eigenvalue weighted by molar-refractivity contribution is 7.17. The molecule has 30 heavy (non-hydrogen) atoms. The van der Waals surface area contributed by atoms with E-state index in [-0.39, 0.29) is 11.8 Å². The molecule has 3 heterocycles. The van der Waals surface area contributed by atoms with Gasteiger partial charge in [0.25, 0.3) is 0 Å². The van der Waals surface area contributed by atoms with Crippen LogP contribution >= 0.6 is 11.3 Å². The van der Waals surface area contributed by atoms with Crippen molar-refractivity contribution in [3.63, 3.8) is 0 Å². The highest BCUT2D eigenvalue weighted by atomic mass is 32.1. The summed E-state index contributed by atoms with van der Waals surface area (Å²) in [7, 11) is 3.24. The maximum atomic E-state index is 12.8. The van der Waals surface area contributed by atoms with Crippen LogP contribution in [0.25, 0.3) is 5.13 Å². The molecule has 1 atom stereocenters. The molecule has 1 amide bonds. The average molecular weight is 428 g/mol. The number of amides is 1. The van der Waals surface area contributed by atoms with Crippen LogP contribution in [0, 0.1) is 5.92 Å². The summed E-state index contributed by atoms with van der Waals surface area (Å²) in [5.41, 5.74) is 0.887. The third-order valence-corrected chi connectivity index (χ3v) is 6.23. The molecule has 0 unspecified atom stereocenters. The van der Waals surface area contributed by atoms with Crippen LogP contribution in [0.1, 0.15) is 18.4 Å². The first-order valence-corrected chi connectivity index (χ1v) is 10.7. The minimum atomic E-state index is -0.0886. The van der Waals surface area contributed by atoms with Gasteiger partial charge in [0.2, 0.25) is 16.2 Å². The molecule has 4 rings (SSSR count). The summed E-state index contributed by atoms with van der Waals surface area (Å²) in [6.07, 6.45) is 5.70. The predicted octanol–water partition coefficient (Wildman–Crippen LogP) is 2.88. The number of benzene rings is 1. The van der Waals surface area contributed by atoms with Crippen LogP contribution < -0.4 is 19.7 Å². The van der Waals surface area contributed by atoms with E-state index in [9.17, 15) is 4.79 Å². The summed E-state index contributed by atoms with van der Waals surface area (Å²) in [5.74, 6) is 1.42. The zero-order valence-corrected chi connectivity index (χ0v) is 17.9. The van der Waals surface area contributed by atoms with E-state index >= 15 is 0 Å². The Balaban J connectivity index is 1.38. The molecule has 3 aromatic rings. The number of nitrogens with one attached hydrogen (secondary N) is 1. The van der Waals surface area contributed by atoms with Crippen LogP contribution in [0.2, 0.25) is 0 Å². The fourth-order valence-corrected chi connectivity index (χ4v) is 4.46. The summed E-state index contributed by atoms with van der Waals surface area (Å²) in [5, 5.41) is 13.3. The number of ether oxygens (including phenoxy) is 2. The SMILES string of the molecule is COc1ccc(OC)c(CNC(=O)[C@@H]2CCCN(c3nnc(-n4cccc4)s3)C2)c1. The molecule has 1 aromatic carbocycles. The van der Waals surface area contributed by atoms with Crippen molar-refractivity contribution in [2.45, 2.75) is 19.4 Å². The van der Waals surface area contributed by atoms with Crippen molar-refractivity contribution in [3.05, 3.63) is 48.3 Å². The number of hydrogen-bond acceptors (Lipinski definition) is 7. The summed E-state index contributed by atoms with van der Waals surface area (Å²) < 4.78 is 12.6. The quantitative estimate of drug-likeness (QED) is 0.624. The van der Waals surface area contributed by atoms with E-state index < -0.39 is 0 Å². The lowest BCUT2D eigenvalue weighted by molar-refractivity contribution is -0.125. The van der Waals surface area contributed by atoms with Crippen LogP contribution in [0.15, 0.2) is 42.7 Å². The van der Waals surface area contributed by atoms with E-state index in [4.69, 9.17) is 9.47 Å². The Morgan fingerprint density at radius 2 is 2.00 bits per heavy atom. The number of rotatable bonds is 7. The van der Waals surface area contributed by atoms with Crippen molar-refractivity contribution in [2.24, 2.45) is 5.92 Å². The van der Waals surface area contributed by atoms with Crippen LogP contribution in [0.4, 0.5) is 5.13 Å². The van der Waals surface area contributed by atoms with Gasteiger partial charge in [0.1, 0.15) is 11.5 Å². The first kappa shape index (κ1) is 20.2. The highest BCUT2D eigenvalue weighted by Crippen LogP contribution is 2.28. The third-order valence-electron chi connectivity index (χ3n) is 5.23. The molecule has 0 spiro atoms.